The number of hydrogen-bond donors (Lipinski definition) is 1. The van der Waals surface area contributed by atoms with Crippen molar-refractivity contribution < 1.29 is 9.53 Å². The van der Waals surface area contributed by atoms with Crippen molar-refractivity contribution >= 4 is 23.5 Å². The molecule has 0 atom stereocenters. The van der Waals surface area contributed by atoms with Gasteiger partial charge < -0.3 is 9.64 Å². The number of benzene rings is 1. The van der Waals surface area contributed by atoms with Crippen LogP contribution < -0.4 is 5.32 Å². The Kier molecular flexibility index (Phi) is 8.05. The summed E-state index contributed by atoms with van der Waals surface area (Å²) in [4.78, 5) is 19.2. The molecule has 1 aromatic rings. The summed E-state index contributed by atoms with van der Waals surface area (Å²) in [5.74, 6) is -0.298. The number of rotatable bonds is 6. The number of amides is 1. The van der Waals surface area contributed by atoms with Crippen LogP contribution in [-0.2, 0) is 4.74 Å². The fraction of sp³-hybridized carbons (Fsp3) is 0.556. The zero-order chi connectivity index (χ0) is 17.2. The van der Waals surface area contributed by atoms with Crippen LogP contribution in [0.5, 0.6) is 0 Å². The first-order valence-electron chi connectivity index (χ1n) is 8.66. The zero-order valence-corrected chi connectivity index (χ0v) is 15.0. The molecule has 0 saturated carbocycles. The van der Waals surface area contributed by atoms with Gasteiger partial charge in [-0.25, -0.2) is 4.99 Å². The number of amidine groups is 1. The van der Waals surface area contributed by atoms with Gasteiger partial charge in [0.2, 0.25) is 0 Å². The highest BCUT2D eigenvalue weighted by Gasteiger charge is 2.13. The van der Waals surface area contributed by atoms with E-state index in [2.05, 4.69) is 15.2 Å². The maximum Gasteiger partial charge on any atom is 0.291 e. The number of hydrogen-bond acceptors (Lipinski definition) is 4. The second-order valence-electron chi connectivity index (χ2n) is 5.87. The first-order valence-corrected chi connectivity index (χ1v) is 9.04. The van der Waals surface area contributed by atoms with Crippen molar-refractivity contribution in [3.05, 3.63) is 34.9 Å². The summed E-state index contributed by atoms with van der Waals surface area (Å²) in [5, 5.41) is 3.15. The second-order valence-corrected chi connectivity index (χ2v) is 6.28. The highest BCUT2D eigenvalue weighted by molar-refractivity contribution is 6.34. The van der Waals surface area contributed by atoms with E-state index in [1.807, 2.05) is 6.92 Å². The molecule has 0 radical (unpaired) electrons. The molecule has 1 saturated heterocycles. The number of piperidine rings is 1. The lowest BCUT2D eigenvalue weighted by molar-refractivity contribution is 0.0965. The third-order valence-corrected chi connectivity index (χ3v) is 4.23. The van der Waals surface area contributed by atoms with Gasteiger partial charge in [-0.1, -0.05) is 37.1 Å². The Balaban J connectivity index is 1.92. The van der Waals surface area contributed by atoms with Crippen LogP contribution in [0.25, 0.3) is 0 Å². The molecule has 132 valence electrons. The molecule has 0 spiro atoms. The Morgan fingerprint density at radius 1 is 1.29 bits per heavy atom. The largest absolute Gasteiger partial charge is 0.465 e. The Bertz CT molecular complexity index is 557. The van der Waals surface area contributed by atoms with Crippen LogP contribution in [0, 0.1) is 0 Å². The number of ether oxygens (including phenoxy) is 1. The summed E-state index contributed by atoms with van der Waals surface area (Å²) < 4.78 is 5.57. The van der Waals surface area contributed by atoms with Gasteiger partial charge in [0.15, 0.2) is 0 Å². The second kappa shape index (κ2) is 10.3. The van der Waals surface area contributed by atoms with Gasteiger partial charge in [-0.05, 0) is 44.5 Å². The third-order valence-electron chi connectivity index (χ3n) is 3.90. The van der Waals surface area contributed by atoms with Crippen molar-refractivity contribution in [1.29, 1.82) is 0 Å². The summed E-state index contributed by atoms with van der Waals surface area (Å²) in [7, 11) is 0. The number of nitrogens with one attached hydrogen (secondary N) is 1. The lowest BCUT2D eigenvalue weighted by atomic mass is 10.1. The first-order chi connectivity index (χ1) is 11.7. The molecule has 1 fully saturated rings. The van der Waals surface area contributed by atoms with Crippen molar-refractivity contribution in [1.82, 2.24) is 10.2 Å². The molecule has 0 bridgehead atoms. The quantitative estimate of drug-likeness (QED) is 0.631. The van der Waals surface area contributed by atoms with E-state index in [4.69, 9.17) is 16.3 Å². The standard InChI is InChI=1S/C18H26ClN3O2/c1-2-14-24-18(20-10-13-22-11-6-3-7-12-22)21-17(23)15-8-4-5-9-16(15)19/h4-5,8-9H,2-3,6-7,10-14H2,1H3,(H,20,21,23). The van der Waals surface area contributed by atoms with E-state index in [1.165, 1.54) is 19.3 Å². The molecule has 1 N–H and O–H groups in total. The number of likely N-dealkylation sites (tertiary alicyclic amines) is 1. The number of halogens is 1. The van der Waals surface area contributed by atoms with Gasteiger partial charge >= 0.3 is 0 Å². The van der Waals surface area contributed by atoms with E-state index >= 15 is 0 Å². The molecule has 5 nitrogen and oxygen atoms in total. The fourth-order valence-corrected chi connectivity index (χ4v) is 2.83. The van der Waals surface area contributed by atoms with E-state index in [0.29, 0.717) is 23.7 Å². The Hall–Kier alpha value is -1.59. The SMILES string of the molecule is CCCOC(=NCCN1CCCCC1)NC(=O)c1ccccc1Cl. The molecular weight excluding hydrogens is 326 g/mol. The first kappa shape index (κ1) is 18.7. The van der Waals surface area contributed by atoms with Crippen LogP contribution in [0.1, 0.15) is 43.0 Å². The van der Waals surface area contributed by atoms with E-state index in [9.17, 15) is 4.79 Å². The monoisotopic (exact) mass is 351 g/mol. The van der Waals surface area contributed by atoms with E-state index in [0.717, 1.165) is 26.1 Å². The van der Waals surface area contributed by atoms with Crippen molar-refractivity contribution in [3.63, 3.8) is 0 Å². The fourth-order valence-electron chi connectivity index (χ4n) is 2.61. The van der Waals surface area contributed by atoms with Crippen molar-refractivity contribution in [3.8, 4) is 0 Å². The van der Waals surface area contributed by atoms with Gasteiger partial charge in [0.1, 0.15) is 0 Å². The molecular formula is C18H26ClN3O2. The van der Waals surface area contributed by atoms with Crippen LogP contribution in [0.15, 0.2) is 29.3 Å². The van der Waals surface area contributed by atoms with Crippen LogP contribution in [0.2, 0.25) is 5.02 Å². The summed E-state index contributed by atoms with van der Waals surface area (Å²) in [6.45, 7) is 6.30. The average molecular weight is 352 g/mol. The van der Waals surface area contributed by atoms with Gasteiger partial charge in [0, 0.05) is 6.54 Å². The number of carbonyl (C=O) groups excluding carboxylic acids is 1. The van der Waals surface area contributed by atoms with Crippen molar-refractivity contribution in [2.24, 2.45) is 4.99 Å². The number of nitrogens with zero attached hydrogens (tertiary/aromatic N) is 2. The van der Waals surface area contributed by atoms with Gasteiger partial charge in [-0.2, -0.15) is 0 Å². The maximum atomic E-state index is 12.3. The summed E-state index contributed by atoms with van der Waals surface area (Å²) in [6.07, 6.45) is 4.68. The number of aliphatic imine (C=N–C) groups is 1. The molecule has 1 aromatic carbocycles. The lowest BCUT2D eigenvalue weighted by Crippen LogP contribution is -2.35. The Labute approximate surface area is 149 Å². The molecule has 0 aliphatic carbocycles. The molecule has 24 heavy (non-hydrogen) atoms. The molecule has 1 aliphatic rings. The van der Waals surface area contributed by atoms with Crippen LogP contribution in [0.4, 0.5) is 0 Å². The topological polar surface area (TPSA) is 53.9 Å². The Morgan fingerprint density at radius 2 is 2.04 bits per heavy atom. The van der Waals surface area contributed by atoms with Crippen LogP contribution >= 0.6 is 11.6 Å². The number of carbonyl (C=O) groups is 1. The zero-order valence-electron chi connectivity index (χ0n) is 14.3. The predicted octanol–water partition coefficient (Wildman–Crippen LogP) is 3.34. The smallest absolute Gasteiger partial charge is 0.291 e. The molecule has 0 unspecified atom stereocenters. The summed E-state index contributed by atoms with van der Waals surface area (Å²) >= 11 is 6.06. The third kappa shape index (κ3) is 6.13. The van der Waals surface area contributed by atoms with E-state index in [-0.39, 0.29) is 11.9 Å². The lowest BCUT2D eigenvalue weighted by Gasteiger charge is -2.25. The van der Waals surface area contributed by atoms with E-state index < -0.39 is 0 Å². The predicted molar refractivity (Wildman–Crippen MR) is 97.8 cm³/mol. The Morgan fingerprint density at radius 3 is 2.75 bits per heavy atom. The molecule has 1 aliphatic heterocycles. The van der Waals surface area contributed by atoms with Crippen LogP contribution in [-0.4, -0.2) is 49.6 Å². The highest BCUT2D eigenvalue weighted by atomic mass is 35.5. The maximum absolute atomic E-state index is 12.3. The van der Waals surface area contributed by atoms with E-state index in [1.54, 1.807) is 24.3 Å². The molecule has 1 amide bonds. The van der Waals surface area contributed by atoms with Gasteiger partial charge in [-0.15, -0.1) is 0 Å². The molecule has 6 heteroatoms. The molecule has 1 heterocycles. The van der Waals surface area contributed by atoms with Gasteiger partial charge in [-0.3, -0.25) is 10.1 Å². The normalized spacial score (nSPS) is 16.0. The minimum absolute atomic E-state index is 0.277. The van der Waals surface area contributed by atoms with Gasteiger partial charge in [0.05, 0.1) is 23.7 Å². The highest BCUT2D eigenvalue weighted by Crippen LogP contribution is 2.14. The average Bonchev–Trinajstić information content (AvgIpc) is 2.60. The minimum Gasteiger partial charge on any atom is -0.465 e. The van der Waals surface area contributed by atoms with Crippen molar-refractivity contribution in [2.75, 3.05) is 32.8 Å². The molecule has 2 rings (SSSR count). The van der Waals surface area contributed by atoms with Crippen LogP contribution in [0.3, 0.4) is 0 Å². The summed E-state index contributed by atoms with van der Waals surface area (Å²) in [5.41, 5.74) is 0.419. The van der Waals surface area contributed by atoms with Gasteiger partial charge in [0.25, 0.3) is 11.9 Å². The molecule has 0 aromatic heterocycles. The van der Waals surface area contributed by atoms with Crippen molar-refractivity contribution in [2.45, 2.75) is 32.6 Å². The minimum atomic E-state index is -0.298. The summed E-state index contributed by atoms with van der Waals surface area (Å²) in [6, 6.07) is 7.22.